The van der Waals surface area contributed by atoms with Crippen molar-refractivity contribution in [2.45, 2.75) is 24.9 Å². The Kier molecular flexibility index (Phi) is 5.99. The number of anilines is 1. The molecular weight excluding hydrogens is 360 g/mol. The van der Waals surface area contributed by atoms with Crippen LogP contribution in [0.4, 0.5) is 10.2 Å². The lowest BCUT2D eigenvalue weighted by Gasteiger charge is -2.15. The Hall–Kier alpha value is -2.09. The monoisotopic (exact) mass is 373 g/mol. The van der Waals surface area contributed by atoms with Crippen molar-refractivity contribution >= 4 is 19.6 Å². The molecule has 1 fully saturated rings. The van der Waals surface area contributed by atoms with E-state index in [0.29, 0.717) is 4.57 Å². The summed E-state index contributed by atoms with van der Waals surface area (Å²) in [5.41, 5.74) is 2.96. The third-order valence-corrected chi connectivity index (χ3v) is 2.75. The minimum Gasteiger partial charge on any atom is -0.479 e. The molecule has 0 aromatic carbocycles. The van der Waals surface area contributed by atoms with Crippen LogP contribution in [0.25, 0.3) is 0 Å². The van der Waals surface area contributed by atoms with E-state index < -0.39 is 55.1 Å². The summed E-state index contributed by atoms with van der Waals surface area (Å²) in [4.78, 5) is 56.5. The van der Waals surface area contributed by atoms with E-state index in [1.54, 1.807) is 4.98 Å². The van der Waals surface area contributed by atoms with E-state index in [9.17, 15) is 23.9 Å². The van der Waals surface area contributed by atoms with Gasteiger partial charge < -0.3 is 35.4 Å². The zero-order chi connectivity index (χ0) is 18.8. The first kappa shape index (κ1) is 20.0. The van der Waals surface area contributed by atoms with Crippen LogP contribution in [0.5, 0.6) is 0 Å². The molecule has 8 N–H and O–H groups in total. The SMILES string of the molecule is Nc1c(F)c(=O)[nH]c(=O)n1[C@H]1C[C@H](O)[C@@H](C(=O)O)O1.O=P(O)(O)O. The van der Waals surface area contributed by atoms with E-state index in [1.165, 1.54) is 0 Å². The number of ether oxygens (including phenoxy) is 1. The summed E-state index contributed by atoms with van der Waals surface area (Å²) >= 11 is 0. The number of nitrogens with zero attached hydrogens (tertiary/aromatic N) is 1. The van der Waals surface area contributed by atoms with Crippen LogP contribution < -0.4 is 17.0 Å². The topological polar surface area (TPSA) is 225 Å². The molecule has 1 aliphatic rings. The number of phosphoric acid groups is 1. The average molecular weight is 373 g/mol. The summed E-state index contributed by atoms with van der Waals surface area (Å²) in [6.45, 7) is 0. The molecule has 0 radical (unpaired) electrons. The second-order valence-electron chi connectivity index (χ2n) is 4.49. The minimum atomic E-state index is -4.64. The van der Waals surface area contributed by atoms with Gasteiger partial charge in [0.05, 0.1) is 6.10 Å². The van der Waals surface area contributed by atoms with Crippen LogP contribution in [0, 0.1) is 5.82 Å². The second kappa shape index (κ2) is 7.21. The first-order valence-electron chi connectivity index (χ1n) is 5.97. The zero-order valence-corrected chi connectivity index (χ0v) is 12.5. The maximum atomic E-state index is 13.3. The Morgan fingerprint density at radius 3 is 2.29 bits per heavy atom. The number of carboxylic acid groups (broad SMARTS) is 1. The largest absolute Gasteiger partial charge is 0.479 e. The third-order valence-electron chi connectivity index (χ3n) is 2.75. The van der Waals surface area contributed by atoms with Gasteiger partial charge in [-0.2, -0.15) is 4.39 Å². The molecule has 1 aromatic heterocycles. The Balaban J connectivity index is 0.000000505. The minimum absolute atomic E-state index is 0.271. The van der Waals surface area contributed by atoms with Crippen LogP contribution in [0.3, 0.4) is 0 Å². The fraction of sp³-hybridized carbons (Fsp3) is 0.444. The zero-order valence-electron chi connectivity index (χ0n) is 11.6. The number of aliphatic carboxylic acids is 1. The third kappa shape index (κ3) is 4.95. The van der Waals surface area contributed by atoms with Crippen LogP contribution in [0.1, 0.15) is 12.6 Å². The van der Waals surface area contributed by atoms with E-state index >= 15 is 0 Å². The molecule has 0 unspecified atom stereocenters. The van der Waals surface area contributed by atoms with E-state index in [1.807, 2.05) is 0 Å². The van der Waals surface area contributed by atoms with Crippen molar-refractivity contribution < 1.29 is 43.4 Å². The number of nitrogens with one attached hydrogen (secondary N) is 1. The molecule has 2 rings (SSSR count). The first-order chi connectivity index (χ1) is 10.8. The number of carboxylic acids is 1. The van der Waals surface area contributed by atoms with E-state index in [0.717, 1.165) is 0 Å². The van der Waals surface area contributed by atoms with Gasteiger partial charge in [0.2, 0.25) is 5.82 Å². The number of hydrogen-bond acceptors (Lipinski definition) is 7. The van der Waals surface area contributed by atoms with Gasteiger partial charge in [-0.1, -0.05) is 0 Å². The van der Waals surface area contributed by atoms with Crippen molar-refractivity contribution in [3.8, 4) is 0 Å². The lowest BCUT2D eigenvalue weighted by Crippen LogP contribution is -2.37. The highest BCUT2D eigenvalue weighted by molar-refractivity contribution is 7.45. The summed E-state index contributed by atoms with van der Waals surface area (Å²) in [5.74, 6) is -3.58. The molecule has 0 bridgehead atoms. The van der Waals surface area contributed by atoms with Crippen molar-refractivity contribution in [2.24, 2.45) is 0 Å². The van der Waals surface area contributed by atoms with Gasteiger partial charge in [0, 0.05) is 6.42 Å². The predicted molar refractivity (Wildman–Crippen MR) is 72.1 cm³/mol. The highest BCUT2D eigenvalue weighted by atomic mass is 31.2. The summed E-state index contributed by atoms with van der Waals surface area (Å²) in [7, 11) is -4.64. The van der Waals surface area contributed by atoms with Crippen LogP contribution in [-0.2, 0) is 14.1 Å². The van der Waals surface area contributed by atoms with Gasteiger partial charge in [-0.15, -0.1) is 0 Å². The van der Waals surface area contributed by atoms with Gasteiger partial charge in [-0.25, -0.2) is 14.2 Å². The predicted octanol–water partition coefficient (Wildman–Crippen LogP) is -2.94. The number of aliphatic hydroxyl groups excluding tert-OH is 1. The molecule has 0 saturated carbocycles. The van der Waals surface area contributed by atoms with Gasteiger partial charge in [0.1, 0.15) is 6.23 Å². The first-order valence-corrected chi connectivity index (χ1v) is 7.53. The summed E-state index contributed by atoms with van der Waals surface area (Å²) in [5, 5.41) is 18.2. The van der Waals surface area contributed by atoms with Crippen molar-refractivity contribution in [1.82, 2.24) is 9.55 Å². The van der Waals surface area contributed by atoms with Crippen molar-refractivity contribution in [1.29, 1.82) is 0 Å². The summed E-state index contributed by atoms with van der Waals surface area (Å²) in [6.07, 6.45) is -4.46. The number of H-pyrrole nitrogens is 1. The van der Waals surface area contributed by atoms with Crippen LogP contribution in [0.15, 0.2) is 9.59 Å². The smallest absolute Gasteiger partial charge is 0.466 e. The van der Waals surface area contributed by atoms with Crippen LogP contribution in [0.2, 0.25) is 0 Å². The summed E-state index contributed by atoms with van der Waals surface area (Å²) < 4.78 is 27.7. The maximum absolute atomic E-state index is 13.3. The molecule has 0 aliphatic carbocycles. The Morgan fingerprint density at radius 2 is 1.88 bits per heavy atom. The Bertz CT molecular complexity index is 776. The van der Waals surface area contributed by atoms with E-state index in [2.05, 4.69) is 0 Å². The normalized spacial score (nSPS) is 23.5. The Morgan fingerprint density at radius 1 is 1.38 bits per heavy atom. The van der Waals surface area contributed by atoms with Gasteiger partial charge in [-0.05, 0) is 0 Å². The molecule has 1 aliphatic heterocycles. The second-order valence-corrected chi connectivity index (χ2v) is 5.52. The number of nitrogens with two attached hydrogens (primary N) is 1. The molecule has 136 valence electrons. The van der Waals surface area contributed by atoms with Crippen molar-refractivity contribution in [3.05, 3.63) is 26.7 Å². The van der Waals surface area contributed by atoms with E-state index in [4.69, 9.17) is 34.8 Å². The molecule has 1 aromatic rings. The number of carbonyl (C=O) groups is 1. The van der Waals surface area contributed by atoms with Crippen LogP contribution >= 0.6 is 7.82 Å². The number of aromatic amines is 1. The van der Waals surface area contributed by atoms with Crippen molar-refractivity contribution in [2.75, 3.05) is 5.73 Å². The highest BCUT2D eigenvalue weighted by Crippen LogP contribution is 2.29. The van der Waals surface area contributed by atoms with E-state index in [-0.39, 0.29) is 6.42 Å². The standard InChI is InChI=1S/C9H10FN3O6.H3O4P/c10-4-6(11)13(9(18)12-7(4)15)3-1-2(14)5(19-3)8(16)17;1-5(2,3)4/h2-3,5,14H,1,11H2,(H,16,17)(H,12,15,18);(H3,1,2,3,4)/t2-,3+,5-;/m0./s1. The molecule has 13 nitrogen and oxygen atoms in total. The number of aromatic nitrogens is 2. The molecule has 2 heterocycles. The van der Waals surface area contributed by atoms with Gasteiger partial charge in [0.15, 0.2) is 11.9 Å². The molecule has 24 heavy (non-hydrogen) atoms. The quantitative estimate of drug-likeness (QED) is 0.259. The lowest BCUT2D eigenvalue weighted by atomic mass is 10.2. The molecule has 1 saturated heterocycles. The fourth-order valence-electron chi connectivity index (χ4n) is 1.86. The highest BCUT2D eigenvalue weighted by Gasteiger charge is 2.41. The van der Waals surface area contributed by atoms with Gasteiger partial charge in [-0.3, -0.25) is 14.3 Å². The number of halogens is 1. The molecule has 3 atom stereocenters. The fourth-order valence-corrected chi connectivity index (χ4v) is 1.86. The van der Waals surface area contributed by atoms with Crippen LogP contribution in [-0.4, -0.2) is 52.6 Å². The van der Waals surface area contributed by atoms with Crippen molar-refractivity contribution in [3.63, 3.8) is 0 Å². The van der Waals surface area contributed by atoms with Gasteiger partial charge >= 0.3 is 19.5 Å². The number of nitrogen functional groups attached to an aromatic ring is 1. The number of hydrogen-bond donors (Lipinski definition) is 7. The van der Waals surface area contributed by atoms with Gasteiger partial charge in [0.25, 0.3) is 5.56 Å². The average Bonchev–Trinajstić information content (AvgIpc) is 2.76. The molecule has 15 heteroatoms. The Labute approximate surface area is 131 Å². The lowest BCUT2D eigenvalue weighted by molar-refractivity contribution is -0.155. The number of rotatable bonds is 2. The molecular formula is C9H13FN3O10P. The molecule has 0 spiro atoms. The number of aliphatic hydroxyl groups is 1. The summed E-state index contributed by atoms with van der Waals surface area (Å²) in [6, 6.07) is 0. The maximum Gasteiger partial charge on any atom is 0.466 e. The molecule has 0 amide bonds.